The van der Waals surface area contributed by atoms with Gasteiger partial charge in [0.1, 0.15) is 0 Å². The van der Waals surface area contributed by atoms with Gasteiger partial charge in [-0.05, 0) is 38.5 Å². The zero-order valence-electron chi connectivity index (χ0n) is 11.7. The van der Waals surface area contributed by atoms with Crippen molar-refractivity contribution in [2.75, 3.05) is 24.2 Å². The molecule has 1 atom stereocenters. The number of nitrogen functional groups attached to an aromatic ring is 1. The van der Waals surface area contributed by atoms with Crippen LogP contribution in [0.3, 0.4) is 0 Å². The first-order chi connectivity index (χ1) is 8.54. The average molecular weight is 249 g/mol. The Bertz CT molecular complexity index is 418. The molecule has 0 spiro atoms. The molecule has 1 unspecified atom stereocenters. The van der Waals surface area contributed by atoms with E-state index in [-0.39, 0.29) is 5.91 Å². The van der Waals surface area contributed by atoms with Crippen molar-refractivity contribution in [3.63, 3.8) is 0 Å². The summed E-state index contributed by atoms with van der Waals surface area (Å²) in [4.78, 5) is 14.1. The average Bonchev–Trinajstić information content (AvgIpc) is 2.38. The third kappa shape index (κ3) is 2.94. The van der Waals surface area contributed by atoms with E-state index in [9.17, 15) is 4.79 Å². The number of nitrogens with zero attached hydrogens (tertiary/aromatic N) is 1. The fourth-order valence-electron chi connectivity index (χ4n) is 2.05. The molecular formula is C14H23N3O. The summed E-state index contributed by atoms with van der Waals surface area (Å²) in [7, 11) is 1.64. The number of amides is 1. The molecule has 0 saturated carbocycles. The number of hydrogen-bond donors (Lipinski definition) is 2. The van der Waals surface area contributed by atoms with Crippen molar-refractivity contribution in [1.82, 2.24) is 5.32 Å². The maximum absolute atomic E-state index is 11.9. The standard InChI is InChI=1S/C14H23N3O/c1-5-10(3)17(6-2)13-9-11(15)7-8-12(13)14(18)16-4/h7-10H,5-6,15H2,1-4H3,(H,16,18). The lowest BCUT2D eigenvalue weighted by atomic mass is 10.1. The maximum atomic E-state index is 11.9. The fraction of sp³-hybridized carbons (Fsp3) is 0.500. The summed E-state index contributed by atoms with van der Waals surface area (Å²) in [5.74, 6) is -0.0771. The lowest BCUT2D eigenvalue weighted by Crippen LogP contribution is -2.34. The van der Waals surface area contributed by atoms with Gasteiger partial charge in [-0.1, -0.05) is 6.92 Å². The number of hydrogen-bond acceptors (Lipinski definition) is 3. The molecule has 0 aliphatic rings. The molecule has 0 aliphatic carbocycles. The van der Waals surface area contributed by atoms with Crippen LogP contribution in [0.2, 0.25) is 0 Å². The third-order valence-electron chi connectivity index (χ3n) is 3.27. The zero-order chi connectivity index (χ0) is 13.7. The molecule has 3 N–H and O–H groups in total. The predicted molar refractivity (Wildman–Crippen MR) is 77.0 cm³/mol. The Morgan fingerprint density at radius 3 is 2.61 bits per heavy atom. The molecule has 0 radical (unpaired) electrons. The number of anilines is 2. The molecule has 0 fully saturated rings. The summed E-state index contributed by atoms with van der Waals surface area (Å²) in [5.41, 5.74) is 8.11. The fourth-order valence-corrected chi connectivity index (χ4v) is 2.05. The molecule has 1 aromatic carbocycles. The summed E-state index contributed by atoms with van der Waals surface area (Å²) in [6.45, 7) is 7.23. The van der Waals surface area contributed by atoms with E-state index in [0.29, 0.717) is 17.3 Å². The third-order valence-corrected chi connectivity index (χ3v) is 3.27. The minimum Gasteiger partial charge on any atom is -0.399 e. The van der Waals surface area contributed by atoms with E-state index in [2.05, 4.69) is 31.0 Å². The molecule has 0 aliphatic heterocycles. The Kier molecular flexibility index (Phi) is 5.01. The van der Waals surface area contributed by atoms with E-state index in [1.807, 2.05) is 6.07 Å². The first-order valence-corrected chi connectivity index (χ1v) is 6.43. The van der Waals surface area contributed by atoms with E-state index in [1.165, 1.54) is 0 Å². The Morgan fingerprint density at radius 1 is 1.44 bits per heavy atom. The van der Waals surface area contributed by atoms with Gasteiger partial charge in [0.25, 0.3) is 5.91 Å². The van der Waals surface area contributed by atoms with Crippen molar-refractivity contribution < 1.29 is 4.79 Å². The molecule has 0 saturated heterocycles. The lowest BCUT2D eigenvalue weighted by Gasteiger charge is -2.31. The van der Waals surface area contributed by atoms with Gasteiger partial charge in [-0.15, -0.1) is 0 Å². The molecule has 0 bridgehead atoms. The highest BCUT2D eigenvalue weighted by Crippen LogP contribution is 2.26. The molecule has 4 heteroatoms. The van der Waals surface area contributed by atoms with Gasteiger partial charge in [-0.2, -0.15) is 0 Å². The predicted octanol–water partition coefficient (Wildman–Crippen LogP) is 2.25. The smallest absolute Gasteiger partial charge is 0.253 e. The van der Waals surface area contributed by atoms with Crippen molar-refractivity contribution in [2.45, 2.75) is 33.2 Å². The first kappa shape index (κ1) is 14.4. The van der Waals surface area contributed by atoms with Gasteiger partial charge in [0, 0.05) is 25.3 Å². The van der Waals surface area contributed by atoms with Crippen molar-refractivity contribution >= 4 is 17.3 Å². The summed E-state index contributed by atoms with van der Waals surface area (Å²) in [5, 5.41) is 2.67. The molecule has 0 heterocycles. The minimum atomic E-state index is -0.0771. The Morgan fingerprint density at radius 2 is 2.11 bits per heavy atom. The van der Waals surface area contributed by atoms with Crippen LogP contribution in [0.15, 0.2) is 18.2 Å². The summed E-state index contributed by atoms with van der Waals surface area (Å²) in [6, 6.07) is 5.80. The van der Waals surface area contributed by atoms with Crippen molar-refractivity contribution in [1.29, 1.82) is 0 Å². The van der Waals surface area contributed by atoms with E-state index < -0.39 is 0 Å². The van der Waals surface area contributed by atoms with Crippen LogP contribution in [0.5, 0.6) is 0 Å². The number of benzene rings is 1. The SMILES string of the molecule is CCC(C)N(CC)c1cc(N)ccc1C(=O)NC. The summed E-state index contributed by atoms with van der Waals surface area (Å²) < 4.78 is 0. The number of carbonyl (C=O) groups excluding carboxylic acids is 1. The molecular weight excluding hydrogens is 226 g/mol. The van der Waals surface area contributed by atoms with Gasteiger partial charge in [-0.25, -0.2) is 0 Å². The number of nitrogens with one attached hydrogen (secondary N) is 1. The molecule has 0 aromatic heterocycles. The molecule has 1 aromatic rings. The Hall–Kier alpha value is -1.71. The molecule has 18 heavy (non-hydrogen) atoms. The van der Waals surface area contributed by atoms with Crippen LogP contribution < -0.4 is 16.0 Å². The molecule has 4 nitrogen and oxygen atoms in total. The summed E-state index contributed by atoms with van der Waals surface area (Å²) >= 11 is 0. The normalized spacial score (nSPS) is 12.0. The largest absolute Gasteiger partial charge is 0.399 e. The van der Waals surface area contributed by atoms with Crippen LogP contribution in [-0.4, -0.2) is 25.5 Å². The second kappa shape index (κ2) is 6.28. The first-order valence-electron chi connectivity index (χ1n) is 6.43. The maximum Gasteiger partial charge on any atom is 0.253 e. The van der Waals surface area contributed by atoms with E-state index in [0.717, 1.165) is 18.7 Å². The van der Waals surface area contributed by atoms with Gasteiger partial charge >= 0.3 is 0 Å². The molecule has 1 amide bonds. The van der Waals surface area contributed by atoms with Crippen LogP contribution in [0.1, 0.15) is 37.6 Å². The van der Waals surface area contributed by atoms with Crippen molar-refractivity contribution in [3.05, 3.63) is 23.8 Å². The van der Waals surface area contributed by atoms with Crippen LogP contribution >= 0.6 is 0 Å². The van der Waals surface area contributed by atoms with Crippen LogP contribution in [0, 0.1) is 0 Å². The van der Waals surface area contributed by atoms with Gasteiger partial charge in [0.05, 0.1) is 11.3 Å². The van der Waals surface area contributed by atoms with Crippen molar-refractivity contribution in [2.24, 2.45) is 0 Å². The van der Waals surface area contributed by atoms with Crippen LogP contribution in [0.4, 0.5) is 11.4 Å². The highest BCUT2D eigenvalue weighted by atomic mass is 16.1. The second-order valence-corrected chi connectivity index (χ2v) is 4.40. The second-order valence-electron chi connectivity index (χ2n) is 4.40. The van der Waals surface area contributed by atoms with E-state index in [4.69, 9.17) is 5.73 Å². The number of rotatable bonds is 5. The summed E-state index contributed by atoms with van der Waals surface area (Å²) in [6.07, 6.45) is 1.02. The van der Waals surface area contributed by atoms with E-state index >= 15 is 0 Å². The lowest BCUT2D eigenvalue weighted by molar-refractivity contribution is 0.0963. The van der Waals surface area contributed by atoms with Crippen LogP contribution in [0.25, 0.3) is 0 Å². The topological polar surface area (TPSA) is 58.4 Å². The van der Waals surface area contributed by atoms with Gasteiger partial charge in [0.2, 0.25) is 0 Å². The Balaban J connectivity index is 3.26. The van der Waals surface area contributed by atoms with Crippen LogP contribution in [-0.2, 0) is 0 Å². The van der Waals surface area contributed by atoms with E-state index in [1.54, 1.807) is 19.2 Å². The molecule has 100 valence electrons. The van der Waals surface area contributed by atoms with Crippen molar-refractivity contribution in [3.8, 4) is 0 Å². The highest BCUT2D eigenvalue weighted by molar-refractivity contribution is 6.00. The number of carbonyl (C=O) groups is 1. The number of nitrogens with two attached hydrogens (primary N) is 1. The zero-order valence-corrected chi connectivity index (χ0v) is 11.7. The minimum absolute atomic E-state index is 0.0771. The van der Waals surface area contributed by atoms with Gasteiger partial charge < -0.3 is 16.0 Å². The van der Waals surface area contributed by atoms with Gasteiger partial charge in [0.15, 0.2) is 0 Å². The molecule has 1 rings (SSSR count). The van der Waals surface area contributed by atoms with Gasteiger partial charge in [-0.3, -0.25) is 4.79 Å². The monoisotopic (exact) mass is 249 g/mol. The highest BCUT2D eigenvalue weighted by Gasteiger charge is 2.18. The quantitative estimate of drug-likeness (QED) is 0.787. The Labute approximate surface area is 109 Å².